The summed E-state index contributed by atoms with van der Waals surface area (Å²) in [4.78, 5) is 11.4. The Kier molecular flexibility index (Phi) is 7.23. The van der Waals surface area contributed by atoms with Crippen LogP contribution in [0.5, 0.6) is 0 Å². The minimum Gasteiger partial charge on any atom is -0.461 e. The van der Waals surface area contributed by atoms with Crippen LogP contribution in [0.1, 0.15) is 55.9 Å². The number of carbonyl (C=O) groups is 1. The molecule has 5 heteroatoms. The molecule has 17 heavy (non-hydrogen) atoms. The van der Waals surface area contributed by atoms with E-state index in [0.717, 1.165) is 12.8 Å². The molecule has 0 aliphatic heterocycles. The number of halogens is 1. The van der Waals surface area contributed by atoms with Crippen molar-refractivity contribution >= 4 is 28.6 Å². The van der Waals surface area contributed by atoms with E-state index in [2.05, 4.69) is 12.1 Å². The number of esters is 1. The Morgan fingerprint density at radius 1 is 1.35 bits per heavy atom. The molecule has 1 aromatic rings. The van der Waals surface area contributed by atoms with Gasteiger partial charge < -0.3 is 9.26 Å². The van der Waals surface area contributed by atoms with Crippen LogP contribution in [0.15, 0.2) is 10.6 Å². The summed E-state index contributed by atoms with van der Waals surface area (Å²) in [7, 11) is 0. The van der Waals surface area contributed by atoms with Crippen molar-refractivity contribution in [1.29, 1.82) is 0 Å². The second-order valence-electron chi connectivity index (χ2n) is 3.92. The summed E-state index contributed by atoms with van der Waals surface area (Å²) in [6.07, 6.45) is 7.06. The van der Waals surface area contributed by atoms with Crippen LogP contribution in [-0.2, 0) is 4.74 Å². The molecule has 0 spiro atoms. The zero-order valence-electron chi connectivity index (χ0n) is 10.1. The fraction of sp³-hybridized carbons (Fsp3) is 0.667. The van der Waals surface area contributed by atoms with E-state index < -0.39 is 5.97 Å². The lowest BCUT2D eigenvalue weighted by Crippen LogP contribution is -2.06. The second-order valence-corrected chi connectivity index (χ2v) is 4.98. The summed E-state index contributed by atoms with van der Waals surface area (Å²) in [5.74, 6) is -0.398. The number of hydrogen-bond acceptors (Lipinski definition) is 4. The van der Waals surface area contributed by atoms with Crippen LogP contribution < -0.4 is 0 Å². The lowest BCUT2D eigenvalue weighted by Gasteiger charge is -2.02. The number of nitrogens with zero attached hydrogens (tertiary/aromatic N) is 1. The van der Waals surface area contributed by atoms with Gasteiger partial charge in [0.05, 0.1) is 6.61 Å². The maximum atomic E-state index is 11.4. The molecule has 0 saturated heterocycles. The third-order valence-electron chi connectivity index (χ3n) is 2.42. The molecule has 0 radical (unpaired) electrons. The first kappa shape index (κ1) is 14.5. The van der Waals surface area contributed by atoms with Crippen LogP contribution in [0.4, 0.5) is 0 Å². The monoisotopic (exact) mass is 351 g/mol. The lowest BCUT2D eigenvalue weighted by molar-refractivity contribution is 0.0486. The Bertz CT molecular complexity index is 338. The molecule has 0 saturated carbocycles. The van der Waals surface area contributed by atoms with E-state index in [4.69, 9.17) is 9.26 Å². The Morgan fingerprint density at radius 3 is 2.71 bits per heavy atom. The van der Waals surface area contributed by atoms with Gasteiger partial charge in [-0.1, -0.05) is 44.2 Å². The van der Waals surface area contributed by atoms with Crippen LogP contribution in [0, 0.1) is 3.77 Å². The second kappa shape index (κ2) is 8.49. The van der Waals surface area contributed by atoms with Gasteiger partial charge in [-0.05, 0) is 6.42 Å². The molecule has 0 fully saturated rings. The van der Waals surface area contributed by atoms with Crippen molar-refractivity contribution in [2.24, 2.45) is 0 Å². The molecule has 4 nitrogen and oxygen atoms in total. The van der Waals surface area contributed by atoms with Gasteiger partial charge in [-0.3, -0.25) is 0 Å². The molecule has 0 amide bonds. The van der Waals surface area contributed by atoms with Crippen LogP contribution in [0.2, 0.25) is 0 Å². The summed E-state index contributed by atoms with van der Waals surface area (Å²) < 4.78 is 10.5. The molecule has 0 bridgehead atoms. The molecule has 96 valence electrons. The summed E-state index contributed by atoms with van der Waals surface area (Å²) in [5, 5.41) is 3.60. The highest BCUT2D eigenvalue weighted by atomic mass is 127. The molecule has 0 N–H and O–H groups in total. The van der Waals surface area contributed by atoms with Gasteiger partial charge in [0.25, 0.3) is 0 Å². The normalized spacial score (nSPS) is 10.5. The van der Waals surface area contributed by atoms with Crippen LogP contribution >= 0.6 is 22.6 Å². The molecule has 0 unspecified atom stereocenters. The maximum Gasteiger partial charge on any atom is 0.360 e. The molecule has 0 atom stereocenters. The van der Waals surface area contributed by atoms with E-state index in [1.807, 2.05) is 22.6 Å². The highest BCUT2D eigenvalue weighted by molar-refractivity contribution is 14.1. The topological polar surface area (TPSA) is 52.3 Å². The summed E-state index contributed by atoms with van der Waals surface area (Å²) in [6.45, 7) is 2.66. The minimum absolute atomic E-state index is 0.250. The molecule has 0 aliphatic rings. The lowest BCUT2D eigenvalue weighted by atomic mass is 10.1. The maximum absolute atomic E-state index is 11.4. The fourth-order valence-corrected chi connectivity index (χ4v) is 1.86. The first-order valence-corrected chi connectivity index (χ1v) is 7.11. The number of hydrogen-bond donors (Lipinski definition) is 0. The van der Waals surface area contributed by atoms with E-state index in [-0.39, 0.29) is 5.69 Å². The smallest absolute Gasteiger partial charge is 0.360 e. The Hall–Kier alpha value is -0.590. The van der Waals surface area contributed by atoms with Crippen molar-refractivity contribution in [3.63, 3.8) is 0 Å². The van der Waals surface area contributed by atoms with Crippen molar-refractivity contribution < 1.29 is 14.1 Å². The van der Waals surface area contributed by atoms with Crippen molar-refractivity contribution in [1.82, 2.24) is 5.16 Å². The molecular formula is C12H18INO3. The van der Waals surface area contributed by atoms with Crippen LogP contribution in [0.3, 0.4) is 0 Å². The van der Waals surface area contributed by atoms with Crippen molar-refractivity contribution in [2.45, 2.75) is 45.4 Å². The molecule has 1 rings (SSSR count). The minimum atomic E-state index is -0.398. The van der Waals surface area contributed by atoms with E-state index in [0.29, 0.717) is 10.4 Å². The molecule has 0 aliphatic carbocycles. The molecule has 1 aromatic heterocycles. The predicted octanol–water partition coefficient (Wildman–Crippen LogP) is 3.80. The van der Waals surface area contributed by atoms with Crippen molar-refractivity contribution in [3.8, 4) is 0 Å². The molecule has 1 heterocycles. The predicted molar refractivity (Wildman–Crippen MR) is 72.9 cm³/mol. The standard InChI is InChI=1S/C12H18INO3/c1-2-3-4-5-6-7-8-16-12(15)10-9-11(13)17-14-10/h9H,2-8H2,1H3. The zero-order valence-corrected chi connectivity index (χ0v) is 12.2. The van der Waals surface area contributed by atoms with Gasteiger partial charge in [0.1, 0.15) is 0 Å². The van der Waals surface area contributed by atoms with E-state index in [1.165, 1.54) is 25.7 Å². The third-order valence-corrected chi connectivity index (χ3v) is 2.93. The first-order valence-electron chi connectivity index (χ1n) is 6.03. The molecular weight excluding hydrogens is 333 g/mol. The Labute approximate surface area is 115 Å². The SMILES string of the molecule is CCCCCCCCOC(=O)c1cc(I)on1. The Balaban J connectivity index is 2.05. The summed E-state index contributed by atoms with van der Waals surface area (Å²) >= 11 is 1.96. The third kappa shape index (κ3) is 6.05. The summed E-state index contributed by atoms with van der Waals surface area (Å²) in [6, 6.07) is 1.57. The van der Waals surface area contributed by atoms with Gasteiger partial charge in [-0.15, -0.1) is 0 Å². The number of aromatic nitrogens is 1. The van der Waals surface area contributed by atoms with Gasteiger partial charge in [-0.2, -0.15) is 0 Å². The van der Waals surface area contributed by atoms with Gasteiger partial charge in [0.15, 0.2) is 9.46 Å². The number of ether oxygens (including phenoxy) is 1. The van der Waals surface area contributed by atoms with Crippen molar-refractivity contribution in [3.05, 3.63) is 15.5 Å². The van der Waals surface area contributed by atoms with Gasteiger partial charge >= 0.3 is 5.97 Å². The van der Waals surface area contributed by atoms with Gasteiger partial charge in [0.2, 0.25) is 0 Å². The number of rotatable bonds is 8. The zero-order chi connectivity index (χ0) is 12.5. The first-order chi connectivity index (χ1) is 8.24. The average Bonchev–Trinajstić information content (AvgIpc) is 2.74. The van der Waals surface area contributed by atoms with E-state index in [9.17, 15) is 4.79 Å². The fourth-order valence-electron chi connectivity index (χ4n) is 1.47. The van der Waals surface area contributed by atoms with Gasteiger partial charge in [0, 0.05) is 28.7 Å². The van der Waals surface area contributed by atoms with E-state index in [1.54, 1.807) is 6.07 Å². The highest BCUT2D eigenvalue weighted by Crippen LogP contribution is 2.08. The number of carbonyl (C=O) groups excluding carboxylic acids is 1. The average molecular weight is 351 g/mol. The van der Waals surface area contributed by atoms with E-state index >= 15 is 0 Å². The number of unbranched alkanes of at least 4 members (excludes halogenated alkanes) is 5. The highest BCUT2D eigenvalue weighted by Gasteiger charge is 2.12. The van der Waals surface area contributed by atoms with Gasteiger partial charge in [-0.25, -0.2) is 4.79 Å². The molecule has 0 aromatic carbocycles. The van der Waals surface area contributed by atoms with Crippen molar-refractivity contribution in [2.75, 3.05) is 6.61 Å². The van der Waals surface area contributed by atoms with Crippen LogP contribution in [0.25, 0.3) is 0 Å². The summed E-state index contributed by atoms with van der Waals surface area (Å²) in [5.41, 5.74) is 0.250. The Morgan fingerprint density at radius 2 is 2.06 bits per heavy atom. The van der Waals surface area contributed by atoms with Crippen LogP contribution in [-0.4, -0.2) is 17.7 Å². The quantitative estimate of drug-likeness (QED) is 0.406. The largest absolute Gasteiger partial charge is 0.461 e.